The average Bonchev–Trinajstić information content (AvgIpc) is 2.76. The molecule has 2 aromatic rings. The summed E-state index contributed by atoms with van der Waals surface area (Å²) in [5.41, 5.74) is 4.62. The van der Waals surface area contributed by atoms with Crippen molar-refractivity contribution in [2.45, 2.75) is 13.0 Å². The molecule has 0 saturated carbocycles. The zero-order chi connectivity index (χ0) is 22.1. The van der Waals surface area contributed by atoms with Crippen LogP contribution in [0.5, 0.6) is 17.2 Å². The predicted molar refractivity (Wildman–Crippen MR) is 105 cm³/mol. The molecular weight excluding hydrogens is 397 g/mol. The van der Waals surface area contributed by atoms with Crippen LogP contribution < -0.4 is 30.4 Å². The highest BCUT2D eigenvalue weighted by atomic mass is 19.1. The van der Waals surface area contributed by atoms with Gasteiger partial charge in [0.1, 0.15) is 11.6 Å². The van der Waals surface area contributed by atoms with E-state index in [-0.39, 0.29) is 12.1 Å². The van der Waals surface area contributed by atoms with E-state index in [4.69, 9.17) is 14.2 Å². The SMILES string of the molecule is COc1ccc(C(=O)NCC(=O)NNC(=O)[C@H](C)Oc2ccc(F)cc2)cc1OC. The largest absolute Gasteiger partial charge is 0.493 e. The van der Waals surface area contributed by atoms with Crippen LogP contribution in [0.1, 0.15) is 17.3 Å². The molecule has 30 heavy (non-hydrogen) atoms. The molecular formula is C20H22FN3O6. The summed E-state index contributed by atoms with van der Waals surface area (Å²) in [5, 5.41) is 2.42. The van der Waals surface area contributed by atoms with Crippen LogP contribution in [0.25, 0.3) is 0 Å². The Morgan fingerprint density at radius 2 is 1.63 bits per heavy atom. The van der Waals surface area contributed by atoms with Crippen molar-refractivity contribution in [1.82, 2.24) is 16.2 Å². The van der Waals surface area contributed by atoms with Crippen molar-refractivity contribution in [3.63, 3.8) is 0 Å². The van der Waals surface area contributed by atoms with Gasteiger partial charge in [0.25, 0.3) is 17.7 Å². The first kappa shape index (κ1) is 22.5. The van der Waals surface area contributed by atoms with Gasteiger partial charge in [-0.15, -0.1) is 0 Å². The smallest absolute Gasteiger partial charge is 0.279 e. The van der Waals surface area contributed by atoms with Gasteiger partial charge in [0, 0.05) is 5.56 Å². The summed E-state index contributed by atoms with van der Waals surface area (Å²) in [6.45, 7) is 1.09. The van der Waals surface area contributed by atoms with E-state index < -0.39 is 29.6 Å². The van der Waals surface area contributed by atoms with E-state index in [0.29, 0.717) is 17.2 Å². The highest BCUT2D eigenvalue weighted by Gasteiger charge is 2.16. The Kier molecular flexibility index (Phi) is 7.98. The molecule has 3 amide bonds. The second-order valence-corrected chi connectivity index (χ2v) is 6.00. The summed E-state index contributed by atoms with van der Waals surface area (Å²) in [6.07, 6.45) is -0.947. The van der Waals surface area contributed by atoms with Crippen LogP contribution in [0.4, 0.5) is 4.39 Å². The molecule has 0 aliphatic carbocycles. The normalized spacial score (nSPS) is 11.1. The highest BCUT2D eigenvalue weighted by Crippen LogP contribution is 2.27. The van der Waals surface area contributed by atoms with Crippen LogP contribution in [0.15, 0.2) is 42.5 Å². The first-order valence-electron chi connectivity index (χ1n) is 8.85. The van der Waals surface area contributed by atoms with Crippen LogP contribution in [0, 0.1) is 5.82 Å². The Morgan fingerprint density at radius 3 is 2.27 bits per heavy atom. The molecule has 0 aromatic heterocycles. The lowest BCUT2D eigenvalue weighted by Crippen LogP contribution is -2.50. The van der Waals surface area contributed by atoms with E-state index in [1.807, 2.05) is 0 Å². The average molecular weight is 419 g/mol. The number of rotatable bonds is 8. The molecule has 0 fully saturated rings. The molecule has 160 valence electrons. The van der Waals surface area contributed by atoms with Crippen molar-refractivity contribution in [3.8, 4) is 17.2 Å². The molecule has 0 unspecified atom stereocenters. The third-order valence-electron chi connectivity index (χ3n) is 3.88. The van der Waals surface area contributed by atoms with E-state index in [1.54, 1.807) is 6.07 Å². The minimum Gasteiger partial charge on any atom is -0.493 e. The molecule has 2 aromatic carbocycles. The maximum Gasteiger partial charge on any atom is 0.279 e. The number of hydrazine groups is 1. The fourth-order valence-corrected chi connectivity index (χ4v) is 2.29. The highest BCUT2D eigenvalue weighted by molar-refractivity contribution is 5.97. The third-order valence-corrected chi connectivity index (χ3v) is 3.88. The number of hydrogen-bond donors (Lipinski definition) is 3. The van der Waals surface area contributed by atoms with Gasteiger partial charge >= 0.3 is 0 Å². The zero-order valence-electron chi connectivity index (χ0n) is 16.7. The minimum absolute atomic E-state index is 0.269. The Morgan fingerprint density at radius 1 is 0.967 bits per heavy atom. The summed E-state index contributed by atoms with van der Waals surface area (Å²) < 4.78 is 28.4. The maximum absolute atomic E-state index is 12.9. The molecule has 0 bridgehead atoms. The Hall–Kier alpha value is -3.82. The second kappa shape index (κ2) is 10.6. The molecule has 0 aliphatic heterocycles. The van der Waals surface area contributed by atoms with Gasteiger partial charge in [0.2, 0.25) is 0 Å². The van der Waals surface area contributed by atoms with E-state index in [2.05, 4.69) is 16.2 Å². The molecule has 1 atom stereocenters. The summed E-state index contributed by atoms with van der Waals surface area (Å²) in [7, 11) is 2.91. The second-order valence-electron chi connectivity index (χ2n) is 6.00. The minimum atomic E-state index is -0.947. The van der Waals surface area contributed by atoms with Crippen LogP contribution in [-0.2, 0) is 9.59 Å². The van der Waals surface area contributed by atoms with Crippen LogP contribution in [0.3, 0.4) is 0 Å². The van der Waals surface area contributed by atoms with Gasteiger partial charge in [-0.2, -0.15) is 0 Å². The number of halogens is 1. The molecule has 3 N–H and O–H groups in total. The van der Waals surface area contributed by atoms with Crippen molar-refractivity contribution in [3.05, 3.63) is 53.8 Å². The number of benzene rings is 2. The van der Waals surface area contributed by atoms with Crippen LogP contribution in [0.2, 0.25) is 0 Å². The zero-order valence-corrected chi connectivity index (χ0v) is 16.7. The van der Waals surface area contributed by atoms with Gasteiger partial charge in [0.15, 0.2) is 17.6 Å². The van der Waals surface area contributed by atoms with Gasteiger partial charge < -0.3 is 19.5 Å². The number of amides is 3. The van der Waals surface area contributed by atoms with E-state index >= 15 is 0 Å². The first-order valence-corrected chi connectivity index (χ1v) is 8.85. The summed E-state index contributed by atoms with van der Waals surface area (Å²) >= 11 is 0. The summed E-state index contributed by atoms with van der Waals surface area (Å²) in [4.78, 5) is 36.0. The lowest BCUT2D eigenvalue weighted by Gasteiger charge is -2.15. The fourth-order valence-electron chi connectivity index (χ4n) is 2.29. The van der Waals surface area contributed by atoms with Gasteiger partial charge in [-0.05, 0) is 49.4 Å². The van der Waals surface area contributed by atoms with Crippen molar-refractivity contribution in [1.29, 1.82) is 0 Å². The topological polar surface area (TPSA) is 115 Å². The number of methoxy groups -OCH3 is 2. The maximum atomic E-state index is 12.9. The van der Waals surface area contributed by atoms with Crippen molar-refractivity contribution < 1.29 is 33.0 Å². The monoisotopic (exact) mass is 419 g/mol. The Bertz CT molecular complexity index is 904. The number of carbonyl (C=O) groups excluding carboxylic acids is 3. The quantitative estimate of drug-likeness (QED) is 0.554. The predicted octanol–water partition coefficient (Wildman–Crippen LogP) is 1.19. The fraction of sp³-hybridized carbons (Fsp3) is 0.250. The molecule has 10 heteroatoms. The van der Waals surface area contributed by atoms with E-state index in [9.17, 15) is 18.8 Å². The van der Waals surface area contributed by atoms with Crippen molar-refractivity contribution in [2.75, 3.05) is 20.8 Å². The number of nitrogens with one attached hydrogen (secondary N) is 3. The summed E-state index contributed by atoms with van der Waals surface area (Å²) in [6, 6.07) is 9.71. The van der Waals surface area contributed by atoms with Crippen LogP contribution >= 0.6 is 0 Å². The van der Waals surface area contributed by atoms with Gasteiger partial charge in [-0.1, -0.05) is 0 Å². The number of carbonyl (C=O) groups is 3. The van der Waals surface area contributed by atoms with Gasteiger partial charge in [0.05, 0.1) is 20.8 Å². The molecule has 9 nitrogen and oxygen atoms in total. The molecule has 0 radical (unpaired) electrons. The molecule has 2 rings (SSSR count). The van der Waals surface area contributed by atoms with Crippen molar-refractivity contribution in [2.24, 2.45) is 0 Å². The molecule has 0 saturated heterocycles. The van der Waals surface area contributed by atoms with E-state index in [1.165, 1.54) is 57.5 Å². The molecule has 0 aliphatic rings. The lowest BCUT2D eigenvalue weighted by molar-refractivity contribution is -0.132. The lowest BCUT2D eigenvalue weighted by atomic mass is 10.2. The first-order chi connectivity index (χ1) is 14.3. The molecule has 0 heterocycles. The summed E-state index contributed by atoms with van der Waals surface area (Å²) in [5.74, 6) is -1.08. The third kappa shape index (κ3) is 6.36. The van der Waals surface area contributed by atoms with Crippen molar-refractivity contribution >= 4 is 17.7 Å². The standard InChI is InChI=1S/C20H22FN3O6/c1-12(30-15-7-5-14(21)6-8-15)19(26)24-23-18(25)11-22-20(27)13-4-9-16(28-2)17(10-13)29-3/h4-10,12H,11H2,1-3H3,(H,22,27)(H,23,25)(H,24,26)/t12-/m0/s1. The molecule has 0 spiro atoms. The Labute approximate surface area is 172 Å². The van der Waals surface area contributed by atoms with Gasteiger partial charge in [-0.3, -0.25) is 25.2 Å². The van der Waals surface area contributed by atoms with Gasteiger partial charge in [-0.25, -0.2) is 4.39 Å². The number of ether oxygens (including phenoxy) is 3. The van der Waals surface area contributed by atoms with Crippen LogP contribution in [-0.4, -0.2) is 44.6 Å². The number of hydrogen-bond acceptors (Lipinski definition) is 6. The Balaban J connectivity index is 1.78. The van der Waals surface area contributed by atoms with E-state index in [0.717, 1.165) is 0 Å².